The van der Waals surface area contributed by atoms with Crippen LogP contribution in [0.4, 0.5) is 18.2 Å². The molecule has 0 radical (unpaired) electrons. The van der Waals surface area contributed by atoms with Crippen LogP contribution in [0.25, 0.3) is 0 Å². The summed E-state index contributed by atoms with van der Waals surface area (Å²) >= 11 is 4.29. The van der Waals surface area contributed by atoms with Crippen LogP contribution in [0, 0.1) is 29.6 Å². The fourth-order valence-electron chi connectivity index (χ4n) is 3.69. The number of anilines is 1. The van der Waals surface area contributed by atoms with Crippen molar-refractivity contribution in [2.45, 2.75) is 59.7 Å². The fraction of sp³-hybridized carbons (Fsp3) is 0.550. The Labute approximate surface area is 185 Å². The van der Waals surface area contributed by atoms with Gasteiger partial charge in [0.05, 0.1) is 15.7 Å². The van der Waals surface area contributed by atoms with Crippen LogP contribution in [0.2, 0.25) is 0 Å². The van der Waals surface area contributed by atoms with Gasteiger partial charge in [-0.1, -0.05) is 20.8 Å². The molecule has 0 saturated carbocycles. The lowest BCUT2D eigenvalue weighted by Gasteiger charge is -2.33. The number of aromatic nitrogens is 2. The van der Waals surface area contributed by atoms with Crippen molar-refractivity contribution in [1.82, 2.24) is 9.78 Å². The van der Waals surface area contributed by atoms with Gasteiger partial charge < -0.3 is 5.32 Å². The first-order valence-corrected chi connectivity index (χ1v) is 11.1. The molecule has 5 nitrogen and oxygen atoms in total. The predicted molar refractivity (Wildman–Crippen MR) is 112 cm³/mol. The minimum absolute atomic E-state index is 0.152. The summed E-state index contributed by atoms with van der Waals surface area (Å²) in [7, 11) is 0. The van der Waals surface area contributed by atoms with E-state index in [1.165, 1.54) is 18.3 Å². The molecular weight excluding hydrogens is 481 g/mol. The van der Waals surface area contributed by atoms with Gasteiger partial charge in [0.2, 0.25) is 5.91 Å². The summed E-state index contributed by atoms with van der Waals surface area (Å²) in [6.07, 6.45) is -1.99. The molecule has 1 N–H and O–H groups in total. The Kier molecular flexibility index (Phi) is 6.09. The highest BCUT2D eigenvalue weighted by molar-refractivity contribution is 9.10. The zero-order valence-corrected chi connectivity index (χ0v) is 19.5. The van der Waals surface area contributed by atoms with Crippen molar-refractivity contribution in [3.8, 4) is 6.07 Å². The van der Waals surface area contributed by atoms with E-state index in [4.69, 9.17) is 0 Å². The second-order valence-electron chi connectivity index (χ2n) is 8.58. The van der Waals surface area contributed by atoms with Gasteiger partial charge in [-0.15, -0.1) is 11.3 Å². The molecule has 0 bridgehead atoms. The summed E-state index contributed by atoms with van der Waals surface area (Å²) in [5.41, 5.74) is 0.738. The van der Waals surface area contributed by atoms with E-state index in [9.17, 15) is 23.2 Å². The van der Waals surface area contributed by atoms with Crippen molar-refractivity contribution in [2.24, 2.45) is 11.3 Å². The SMILES string of the molecule is Cc1c(Br)c(C(F)(F)F)nn1CC(=O)Nc1sc2c(c1C#N)CC[C@@H](C(C)(C)C)C2. The molecule has 0 fully saturated rings. The molecule has 162 valence electrons. The van der Waals surface area contributed by atoms with Crippen molar-refractivity contribution < 1.29 is 18.0 Å². The lowest BCUT2D eigenvalue weighted by atomic mass is 9.72. The molecule has 0 aromatic carbocycles. The maximum absolute atomic E-state index is 13.0. The minimum atomic E-state index is -4.62. The first-order chi connectivity index (χ1) is 13.8. The van der Waals surface area contributed by atoms with Crippen molar-refractivity contribution in [3.63, 3.8) is 0 Å². The molecule has 0 spiro atoms. The summed E-state index contributed by atoms with van der Waals surface area (Å²) in [6.45, 7) is 7.67. The molecule has 2 aromatic rings. The number of fused-ring (bicyclic) bond motifs is 1. The van der Waals surface area contributed by atoms with Gasteiger partial charge in [0, 0.05) is 4.88 Å². The molecule has 1 atom stereocenters. The number of alkyl halides is 3. The lowest BCUT2D eigenvalue weighted by molar-refractivity contribution is -0.142. The number of carbonyl (C=O) groups excluding carboxylic acids is 1. The van der Waals surface area contributed by atoms with Gasteiger partial charge in [0.15, 0.2) is 5.69 Å². The van der Waals surface area contributed by atoms with Gasteiger partial charge in [-0.3, -0.25) is 9.48 Å². The summed E-state index contributed by atoms with van der Waals surface area (Å²) in [5, 5.41) is 16.3. The van der Waals surface area contributed by atoms with E-state index in [2.05, 4.69) is 53.2 Å². The molecule has 10 heteroatoms. The number of hydrogen-bond donors (Lipinski definition) is 1. The maximum Gasteiger partial charge on any atom is 0.436 e. The molecular formula is C20H22BrF3N4OS. The van der Waals surface area contributed by atoms with E-state index >= 15 is 0 Å². The first-order valence-electron chi connectivity index (χ1n) is 9.47. The molecule has 0 aliphatic heterocycles. The Hall–Kier alpha value is -1.86. The van der Waals surface area contributed by atoms with Gasteiger partial charge in [0.25, 0.3) is 0 Å². The monoisotopic (exact) mass is 502 g/mol. The molecule has 0 unspecified atom stereocenters. The maximum atomic E-state index is 13.0. The Bertz CT molecular complexity index is 1030. The normalized spacial score (nSPS) is 16.8. The van der Waals surface area contributed by atoms with Crippen molar-refractivity contribution in [3.05, 3.63) is 31.9 Å². The standard InChI is InChI=1S/C20H22BrF3N4OS/c1-10-16(21)17(20(22,23)24)27-28(10)9-15(29)26-18-13(8-25)12-6-5-11(19(2,3)4)7-14(12)30-18/h11H,5-7,9H2,1-4H3,(H,26,29)/t11-/m1/s1. The van der Waals surface area contributed by atoms with Crippen molar-refractivity contribution in [2.75, 3.05) is 5.32 Å². The number of amides is 1. The smallest absolute Gasteiger partial charge is 0.315 e. The van der Waals surface area contributed by atoms with Gasteiger partial charge in [-0.2, -0.15) is 23.5 Å². The van der Waals surface area contributed by atoms with Gasteiger partial charge >= 0.3 is 6.18 Å². The van der Waals surface area contributed by atoms with Crippen molar-refractivity contribution >= 4 is 38.2 Å². The predicted octanol–water partition coefficient (Wildman–Crippen LogP) is 5.70. The fourth-order valence-corrected chi connectivity index (χ4v) is 5.50. The molecule has 0 saturated heterocycles. The molecule has 2 heterocycles. The average Bonchev–Trinajstić information content (AvgIpc) is 3.11. The number of halogens is 4. The third-order valence-electron chi connectivity index (χ3n) is 5.55. The molecule has 1 aliphatic rings. The van der Waals surface area contributed by atoms with E-state index in [1.807, 2.05) is 0 Å². The lowest BCUT2D eigenvalue weighted by Crippen LogP contribution is -2.26. The number of hydrogen-bond acceptors (Lipinski definition) is 4. The molecule has 2 aromatic heterocycles. The van der Waals surface area contributed by atoms with Crippen LogP contribution in [-0.2, 0) is 30.4 Å². The average molecular weight is 503 g/mol. The molecule has 30 heavy (non-hydrogen) atoms. The van der Waals surface area contributed by atoms with E-state index in [1.54, 1.807) is 0 Å². The third-order valence-corrected chi connectivity index (χ3v) is 7.67. The Morgan fingerprint density at radius 1 is 1.40 bits per heavy atom. The number of nitrogens with zero attached hydrogens (tertiary/aromatic N) is 3. The van der Waals surface area contributed by atoms with Crippen LogP contribution in [-0.4, -0.2) is 15.7 Å². The van der Waals surface area contributed by atoms with Crippen LogP contribution >= 0.6 is 27.3 Å². The number of carbonyl (C=O) groups is 1. The van der Waals surface area contributed by atoms with E-state index in [-0.39, 0.29) is 22.1 Å². The molecule has 1 amide bonds. The quantitative estimate of drug-likeness (QED) is 0.585. The molecule has 1 aliphatic carbocycles. The number of nitrogens with one attached hydrogen (secondary N) is 1. The summed E-state index contributed by atoms with van der Waals surface area (Å²) in [6, 6.07) is 2.19. The highest BCUT2D eigenvalue weighted by Crippen LogP contribution is 2.44. The Balaban J connectivity index is 1.81. The van der Waals surface area contributed by atoms with E-state index in [0.29, 0.717) is 16.5 Å². The van der Waals surface area contributed by atoms with E-state index < -0.39 is 17.8 Å². The van der Waals surface area contributed by atoms with Gasteiger partial charge in [-0.25, -0.2) is 0 Å². The van der Waals surface area contributed by atoms with Crippen LogP contribution < -0.4 is 5.32 Å². The van der Waals surface area contributed by atoms with Gasteiger partial charge in [0.1, 0.15) is 17.6 Å². The van der Waals surface area contributed by atoms with Crippen LogP contribution in [0.1, 0.15) is 54.6 Å². The highest BCUT2D eigenvalue weighted by atomic mass is 79.9. The minimum Gasteiger partial charge on any atom is -0.315 e. The summed E-state index contributed by atoms with van der Waals surface area (Å²) in [5.74, 6) is -0.0344. The Morgan fingerprint density at radius 3 is 2.60 bits per heavy atom. The number of rotatable bonds is 3. The zero-order chi connectivity index (χ0) is 22.4. The number of thiophene rings is 1. The third kappa shape index (κ3) is 4.42. The topological polar surface area (TPSA) is 70.7 Å². The van der Waals surface area contributed by atoms with Gasteiger partial charge in [-0.05, 0) is 59.0 Å². The second kappa shape index (κ2) is 8.00. The summed E-state index contributed by atoms with van der Waals surface area (Å²) < 4.78 is 39.9. The summed E-state index contributed by atoms with van der Waals surface area (Å²) in [4.78, 5) is 13.6. The highest BCUT2D eigenvalue weighted by Gasteiger charge is 2.38. The van der Waals surface area contributed by atoms with Crippen LogP contribution in [0.3, 0.4) is 0 Å². The van der Waals surface area contributed by atoms with Crippen molar-refractivity contribution in [1.29, 1.82) is 5.26 Å². The first kappa shape index (κ1) is 22.8. The van der Waals surface area contributed by atoms with Crippen LogP contribution in [0.15, 0.2) is 4.47 Å². The largest absolute Gasteiger partial charge is 0.436 e. The molecule has 3 rings (SSSR count). The van der Waals surface area contributed by atoms with E-state index in [0.717, 1.165) is 34.4 Å². The number of nitriles is 1. The Morgan fingerprint density at radius 2 is 2.07 bits per heavy atom. The second-order valence-corrected chi connectivity index (χ2v) is 10.5. The van der Waals surface area contributed by atoms with Crippen LogP contribution in [0.5, 0.6) is 0 Å². The zero-order valence-electron chi connectivity index (χ0n) is 17.1.